The number of carbonyl (C=O) groups is 3. The van der Waals surface area contributed by atoms with Crippen LogP contribution in [0.15, 0.2) is 29.3 Å². The number of amidine groups is 1. The van der Waals surface area contributed by atoms with Gasteiger partial charge in [0.25, 0.3) is 5.91 Å². The fraction of sp³-hybridized carbons (Fsp3) is 0.421. The van der Waals surface area contributed by atoms with E-state index in [1.165, 1.54) is 30.8 Å². The lowest BCUT2D eigenvalue weighted by atomic mass is 10.2. The van der Waals surface area contributed by atoms with Crippen molar-refractivity contribution in [1.82, 2.24) is 4.90 Å². The minimum Gasteiger partial charge on any atom is -0.444 e. The van der Waals surface area contributed by atoms with E-state index in [1.807, 2.05) is 6.07 Å². The number of thioether (sulfide) groups is 1. The van der Waals surface area contributed by atoms with Crippen LogP contribution in [0.4, 0.5) is 5.69 Å². The summed E-state index contributed by atoms with van der Waals surface area (Å²) in [5.41, 5.74) is 0.788. The van der Waals surface area contributed by atoms with Crippen LogP contribution < -0.4 is 5.32 Å². The number of likely N-dealkylation sites (tertiary alicyclic amines) is 1. The molecular formula is C19H20N4O4S. The third-order valence-electron chi connectivity index (χ3n) is 4.35. The van der Waals surface area contributed by atoms with Crippen LogP contribution >= 0.6 is 11.8 Å². The Hall–Kier alpha value is -2.86. The van der Waals surface area contributed by atoms with Crippen molar-refractivity contribution in [2.24, 2.45) is 4.99 Å². The van der Waals surface area contributed by atoms with Crippen LogP contribution in [-0.4, -0.2) is 52.3 Å². The molecule has 146 valence electrons. The van der Waals surface area contributed by atoms with E-state index in [0.29, 0.717) is 5.69 Å². The number of benzene rings is 1. The lowest BCUT2D eigenvalue weighted by Gasteiger charge is -2.16. The van der Waals surface area contributed by atoms with E-state index in [4.69, 9.17) is 10.00 Å². The summed E-state index contributed by atoms with van der Waals surface area (Å²) in [6.45, 7) is 3.29. The van der Waals surface area contributed by atoms with Crippen LogP contribution in [0.2, 0.25) is 0 Å². The van der Waals surface area contributed by atoms with Gasteiger partial charge in [0.2, 0.25) is 5.91 Å². The molecule has 0 unspecified atom stereocenters. The lowest BCUT2D eigenvalue weighted by Crippen LogP contribution is -2.25. The van der Waals surface area contributed by atoms with Crippen molar-refractivity contribution >= 4 is 40.4 Å². The van der Waals surface area contributed by atoms with E-state index >= 15 is 0 Å². The molecule has 8 nitrogen and oxygen atoms in total. The van der Waals surface area contributed by atoms with Crippen molar-refractivity contribution in [3.8, 4) is 6.07 Å². The first-order chi connectivity index (χ1) is 13.5. The van der Waals surface area contributed by atoms with Crippen LogP contribution in [0.25, 0.3) is 0 Å². The topological polar surface area (TPSA) is 112 Å². The summed E-state index contributed by atoms with van der Waals surface area (Å²) in [5.74, 6) is -1.17. The number of hydrogen-bond donors (Lipinski definition) is 1. The maximum atomic E-state index is 12.3. The Bertz CT molecular complexity index is 840. The highest BCUT2D eigenvalue weighted by molar-refractivity contribution is 8.15. The van der Waals surface area contributed by atoms with Crippen LogP contribution in [0.3, 0.4) is 0 Å². The number of anilines is 1. The number of nitrogens with one attached hydrogen (secondary N) is 1. The van der Waals surface area contributed by atoms with Gasteiger partial charge >= 0.3 is 5.97 Å². The largest absolute Gasteiger partial charge is 0.444 e. The summed E-state index contributed by atoms with van der Waals surface area (Å²) in [6.07, 6.45) is 1.39. The molecular weight excluding hydrogens is 380 g/mol. The zero-order chi connectivity index (χ0) is 20.1. The van der Waals surface area contributed by atoms with Crippen LogP contribution in [0.5, 0.6) is 0 Å². The predicted octanol–water partition coefficient (Wildman–Crippen LogP) is 2.18. The van der Waals surface area contributed by atoms with Gasteiger partial charge in [-0.05, 0) is 44.0 Å². The van der Waals surface area contributed by atoms with Crippen molar-refractivity contribution < 1.29 is 19.1 Å². The molecule has 1 saturated heterocycles. The minimum atomic E-state index is -0.832. The second-order valence-corrected chi connectivity index (χ2v) is 7.71. The molecule has 1 fully saturated rings. The molecule has 3 rings (SSSR count). The number of amides is 2. The summed E-state index contributed by atoms with van der Waals surface area (Å²) in [4.78, 5) is 42.4. The van der Waals surface area contributed by atoms with Gasteiger partial charge in [-0.3, -0.25) is 9.59 Å². The molecule has 0 aliphatic carbocycles. The predicted molar refractivity (Wildman–Crippen MR) is 105 cm³/mol. The monoisotopic (exact) mass is 400 g/mol. The maximum absolute atomic E-state index is 12.3. The molecule has 0 aromatic heterocycles. The number of rotatable bonds is 5. The average molecular weight is 400 g/mol. The van der Waals surface area contributed by atoms with Gasteiger partial charge in [-0.2, -0.15) is 10.3 Å². The fourth-order valence-electron chi connectivity index (χ4n) is 2.88. The SMILES string of the molecule is C[C@H](C#N)OC(=O)c1ccc(NC(=O)C[C@H]2SC(N3CCCC3)=NC2=O)cc1. The highest BCUT2D eigenvalue weighted by Crippen LogP contribution is 2.29. The molecule has 2 amide bonds. The first-order valence-electron chi connectivity index (χ1n) is 9.01. The average Bonchev–Trinajstić information content (AvgIpc) is 3.32. The Balaban J connectivity index is 1.50. The third-order valence-corrected chi connectivity index (χ3v) is 5.56. The minimum absolute atomic E-state index is 0.0355. The first-order valence-corrected chi connectivity index (χ1v) is 9.89. The normalized spacial score (nSPS) is 19.7. The Morgan fingerprint density at radius 3 is 2.68 bits per heavy atom. The second-order valence-electron chi connectivity index (χ2n) is 6.54. The van der Waals surface area contributed by atoms with Crippen molar-refractivity contribution in [2.75, 3.05) is 18.4 Å². The summed E-state index contributed by atoms with van der Waals surface area (Å²) in [7, 11) is 0. The molecule has 0 radical (unpaired) electrons. The lowest BCUT2D eigenvalue weighted by molar-refractivity contribution is -0.121. The quantitative estimate of drug-likeness (QED) is 0.754. The van der Waals surface area contributed by atoms with E-state index < -0.39 is 17.3 Å². The van der Waals surface area contributed by atoms with Crippen LogP contribution in [0.1, 0.15) is 36.5 Å². The summed E-state index contributed by atoms with van der Waals surface area (Å²) < 4.78 is 4.91. The molecule has 28 heavy (non-hydrogen) atoms. The van der Waals surface area contributed by atoms with Crippen molar-refractivity contribution in [3.63, 3.8) is 0 Å². The molecule has 2 aliphatic rings. The van der Waals surface area contributed by atoms with Gasteiger partial charge in [-0.25, -0.2) is 4.79 Å². The van der Waals surface area contributed by atoms with Gasteiger partial charge < -0.3 is 15.0 Å². The highest BCUT2D eigenvalue weighted by atomic mass is 32.2. The third kappa shape index (κ3) is 4.89. The molecule has 9 heteroatoms. The van der Waals surface area contributed by atoms with Crippen molar-refractivity contribution in [2.45, 2.75) is 37.5 Å². The molecule has 0 spiro atoms. The fourth-order valence-corrected chi connectivity index (χ4v) is 3.99. The molecule has 1 aromatic rings. The van der Waals surface area contributed by atoms with E-state index in [-0.39, 0.29) is 23.8 Å². The van der Waals surface area contributed by atoms with E-state index in [9.17, 15) is 14.4 Å². The number of hydrogen-bond acceptors (Lipinski definition) is 7. The Morgan fingerprint density at radius 1 is 1.36 bits per heavy atom. The van der Waals surface area contributed by atoms with E-state index in [2.05, 4.69) is 15.2 Å². The summed E-state index contributed by atoms with van der Waals surface area (Å²) in [6, 6.07) is 7.97. The number of aliphatic imine (C=N–C) groups is 1. The summed E-state index contributed by atoms with van der Waals surface area (Å²) in [5, 5.41) is 11.6. The second kappa shape index (κ2) is 8.89. The molecule has 2 atom stereocenters. The van der Waals surface area contributed by atoms with Crippen LogP contribution in [-0.2, 0) is 14.3 Å². The van der Waals surface area contributed by atoms with Gasteiger partial charge in [0.15, 0.2) is 11.3 Å². The molecule has 0 bridgehead atoms. The number of ether oxygens (including phenoxy) is 1. The molecule has 2 heterocycles. The first kappa shape index (κ1) is 19.9. The molecule has 0 saturated carbocycles. The van der Waals surface area contributed by atoms with Gasteiger partial charge in [0.05, 0.1) is 5.56 Å². The van der Waals surface area contributed by atoms with E-state index in [1.54, 1.807) is 12.1 Å². The maximum Gasteiger partial charge on any atom is 0.339 e. The summed E-state index contributed by atoms with van der Waals surface area (Å²) >= 11 is 1.35. The number of esters is 1. The van der Waals surface area contributed by atoms with Crippen molar-refractivity contribution in [3.05, 3.63) is 29.8 Å². The van der Waals surface area contributed by atoms with Gasteiger partial charge in [0, 0.05) is 25.2 Å². The van der Waals surface area contributed by atoms with Gasteiger partial charge in [-0.1, -0.05) is 11.8 Å². The number of nitriles is 1. The highest BCUT2D eigenvalue weighted by Gasteiger charge is 2.33. The standard InChI is InChI=1S/C19H20N4O4S/c1-12(11-20)27-18(26)13-4-6-14(7-5-13)21-16(24)10-15-17(25)22-19(28-15)23-8-2-3-9-23/h4-7,12,15H,2-3,8-10H2,1H3,(H,21,24)/t12-,15-/m1/s1. The zero-order valence-electron chi connectivity index (χ0n) is 15.4. The Kier molecular flexibility index (Phi) is 6.31. The molecule has 1 aromatic carbocycles. The van der Waals surface area contributed by atoms with Gasteiger partial charge in [0.1, 0.15) is 11.3 Å². The smallest absolute Gasteiger partial charge is 0.339 e. The molecule has 1 N–H and O–H groups in total. The van der Waals surface area contributed by atoms with E-state index in [0.717, 1.165) is 31.1 Å². The molecule has 2 aliphatic heterocycles. The number of nitrogens with zero attached hydrogens (tertiary/aromatic N) is 3. The van der Waals surface area contributed by atoms with Gasteiger partial charge in [-0.15, -0.1) is 0 Å². The van der Waals surface area contributed by atoms with Crippen molar-refractivity contribution in [1.29, 1.82) is 5.26 Å². The number of carbonyl (C=O) groups excluding carboxylic acids is 3. The Labute approximate surface area is 166 Å². The zero-order valence-corrected chi connectivity index (χ0v) is 16.2. The Morgan fingerprint density at radius 2 is 2.04 bits per heavy atom. The van der Waals surface area contributed by atoms with Crippen LogP contribution in [0, 0.1) is 11.3 Å².